The molecule has 0 fully saturated rings. The van der Waals surface area contributed by atoms with Gasteiger partial charge in [0.05, 0.1) is 24.1 Å². The average Bonchev–Trinajstić information content (AvgIpc) is 3.47. The molecule has 3 N–H and O–H groups in total. The number of esters is 1. The van der Waals surface area contributed by atoms with Crippen molar-refractivity contribution in [3.8, 4) is 17.3 Å². The van der Waals surface area contributed by atoms with Crippen molar-refractivity contribution in [1.82, 2.24) is 30.7 Å². The van der Waals surface area contributed by atoms with Crippen LogP contribution in [0.4, 0.5) is 5.82 Å². The molecule has 4 aromatic rings. The van der Waals surface area contributed by atoms with Crippen molar-refractivity contribution in [3.05, 3.63) is 70.0 Å². The minimum Gasteiger partial charge on any atom is -0.493 e. The van der Waals surface area contributed by atoms with Gasteiger partial charge in [-0.1, -0.05) is 16.8 Å². The molecule has 0 spiro atoms. The normalized spacial score (nSPS) is 11.3. The van der Waals surface area contributed by atoms with E-state index in [2.05, 4.69) is 35.8 Å². The van der Waals surface area contributed by atoms with Crippen molar-refractivity contribution in [3.63, 3.8) is 0 Å². The zero-order valence-corrected chi connectivity index (χ0v) is 20.0. The average molecular weight is 511 g/mol. The van der Waals surface area contributed by atoms with Gasteiger partial charge in [0.2, 0.25) is 11.6 Å². The maximum Gasteiger partial charge on any atom is 0.343 e. The molecule has 2 aromatic heterocycles. The largest absolute Gasteiger partial charge is 0.493 e. The molecule has 36 heavy (non-hydrogen) atoms. The van der Waals surface area contributed by atoms with Crippen molar-refractivity contribution >= 4 is 35.0 Å². The molecule has 13 nitrogen and oxygen atoms in total. The summed E-state index contributed by atoms with van der Waals surface area (Å²) >= 11 is 5.86. The number of nitrogens with zero attached hydrogens (tertiary/aromatic N) is 6. The van der Waals surface area contributed by atoms with E-state index in [9.17, 15) is 9.59 Å². The second-order valence-corrected chi connectivity index (χ2v) is 7.74. The topological polar surface area (TPSA) is 173 Å². The number of amides is 1. The van der Waals surface area contributed by atoms with Gasteiger partial charge in [0.15, 0.2) is 17.2 Å². The molecule has 14 heteroatoms. The maximum absolute atomic E-state index is 12.6. The number of carbonyl (C=O) groups excluding carboxylic acids is 2. The van der Waals surface area contributed by atoms with Crippen LogP contribution < -0.4 is 20.6 Å². The molecular formula is C22H19ClN8O5. The van der Waals surface area contributed by atoms with Crippen LogP contribution >= 0.6 is 11.6 Å². The second kappa shape index (κ2) is 10.2. The fourth-order valence-corrected chi connectivity index (χ4v) is 3.18. The van der Waals surface area contributed by atoms with E-state index in [4.69, 9.17) is 26.8 Å². The Hall–Kier alpha value is -4.78. The summed E-state index contributed by atoms with van der Waals surface area (Å²) in [5, 5.41) is 19.4. The fourth-order valence-electron chi connectivity index (χ4n) is 3.05. The minimum atomic E-state index is -0.603. The zero-order chi connectivity index (χ0) is 25.8. The maximum atomic E-state index is 12.6. The number of aromatic nitrogens is 5. The highest BCUT2D eigenvalue weighted by Crippen LogP contribution is 2.29. The molecule has 4 rings (SSSR count). The number of methoxy groups -OCH3 is 1. The van der Waals surface area contributed by atoms with E-state index in [1.54, 1.807) is 56.3 Å². The van der Waals surface area contributed by atoms with Crippen LogP contribution in [0.5, 0.6) is 11.5 Å². The lowest BCUT2D eigenvalue weighted by Crippen LogP contribution is -2.21. The molecule has 0 saturated heterocycles. The Morgan fingerprint density at radius 2 is 1.83 bits per heavy atom. The number of ether oxygens (including phenoxy) is 2. The molecule has 2 aromatic carbocycles. The molecule has 0 atom stereocenters. The first kappa shape index (κ1) is 24.3. The van der Waals surface area contributed by atoms with Gasteiger partial charge >= 0.3 is 5.97 Å². The number of benzene rings is 2. The van der Waals surface area contributed by atoms with Gasteiger partial charge in [0, 0.05) is 10.6 Å². The number of hydrogen-bond donors (Lipinski definition) is 2. The molecule has 2 heterocycles. The number of hydrazone groups is 1. The van der Waals surface area contributed by atoms with E-state index in [0.29, 0.717) is 33.3 Å². The summed E-state index contributed by atoms with van der Waals surface area (Å²) < 4.78 is 16.6. The SMILES string of the molecule is COc1cc(C(C)=NNC(=O)c2nnn(-c3nonc3N)c2C)ccc1OC(=O)c1ccc(Cl)cc1. The second-order valence-electron chi connectivity index (χ2n) is 7.31. The van der Waals surface area contributed by atoms with Crippen LogP contribution in [0.15, 0.2) is 52.2 Å². The smallest absolute Gasteiger partial charge is 0.343 e. The van der Waals surface area contributed by atoms with Crippen molar-refractivity contribution < 1.29 is 23.7 Å². The molecule has 0 aliphatic rings. The van der Waals surface area contributed by atoms with Crippen molar-refractivity contribution in [2.24, 2.45) is 5.10 Å². The third-order valence-corrected chi connectivity index (χ3v) is 5.25. The van der Waals surface area contributed by atoms with Crippen LogP contribution in [-0.4, -0.2) is 50.0 Å². The Labute approximate surface area is 208 Å². The number of halogens is 1. The molecule has 1 amide bonds. The van der Waals surface area contributed by atoms with Gasteiger partial charge in [0.25, 0.3) is 5.91 Å². The third-order valence-electron chi connectivity index (χ3n) is 4.99. The van der Waals surface area contributed by atoms with Crippen LogP contribution in [0.2, 0.25) is 5.02 Å². The zero-order valence-electron chi connectivity index (χ0n) is 19.2. The van der Waals surface area contributed by atoms with Gasteiger partial charge in [0.1, 0.15) is 0 Å². The summed E-state index contributed by atoms with van der Waals surface area (Å²) in [5.74, 6) is -0.543. The monoisotopic (exact) mass is 510 g/mol. The predicted molar refractivity (Wildman–Crippen MR) is 127 cm³/mol. The number of carbonyl (C=O) groups is 2. The summed E-state index contributed by atoms with van der Waals surface area (Å²) in [4.78, 5) is 25.0. The molecule has 0 aliphatic carbocycles. The lowest BCUT2D eigenvalue weighted by molar-refractivity contribution is 0.0729. The van der Waals surface area contributed by atoms with Gasteiger partial charge in [-0.05, 0) is 66.6 Å². The van der Waals surface area contributed by atoms with Crippen LogP contribution in [0.1, 0.15) is 39.0 Å². The Morgan fingerprint density at radius 1 is 1.11 bits per heavy atom. The van der Waals surface area contributed by atoms with E-state index in [0.717, 1.165) is 0 Å². The van der Waals surface area contributed by atoms with Crippen molar-refractivity contribution in [2.45, 2.75) is 13.8 Å². The van der Waals surface area contributed by atoms with Crippen molar-refractivity contribution in [1.29, 1.82) is 0 Å². The standard InChI is InChI=1S/C22H19ClN8O5/c1-11(25-27-21(32)18-12(2)31(30-26-18)20-19(24)28-36-29-20)14-6-9-16(17(10-14)34-3)35-22(33)13-4-7-15(23)8-5-13/h4-10H,1-3H3,(H2,24,28)(H,27,32). The van der Waals surface area contributed by atoms with E-state index < -0.39 is 11.9 Å². The highest BCUT2D eigenvalue weighted by Gasteiger charge is 2.21. The van der Waals surface area contributed by atoms with E-state index in [-0.39, 0.29) is 23.1 Å². The number of rotatable bonds is 7. The van der Waals surface area contributed by atoms with Gasteiger partial charge in [-0.2, -0.15) is 9.78 Å². The number of hydrogen-bond acceptors (Lipinski definition) is 11. The minimum absolute atomic E-state index is 0.0000582. The summed E-state index contributed by atoms with van der Waals surface area (Å²) in [7, 11) is 1.44. The highest BCUT2D eigenvalue weighted by molar-refractivity contribution is 6.30. The molecular weight excluding hydrogens is 492 g/mol. The summed E-state index contributed by atoms with van der Waals surface area (Å²) in [6, 6.07) is 11.2. The molecule has 0 aliphatic heterocycles. The quantitative estimate of drug-likeness (QED) is 0.163. The van der Waals surface area contributed by atoms with Crippen LogP contribution in [-0.2, 0) is 0 Å². The number of nitrogens with two attached hydrogens (primary N) is 1. The van der Waals surface area contributed by atoms with Crippen molar-refractivity contribution in [2.75, 3.05) is 12.8 Å². The number of nitrogens with one attached hydrogen (secondary N) is 1. The number of nitrogen functional groups attached to an aromatic ring is 1. The molecule has 0 unspecified atom stereocenters. The first-order valence-electron chi connectivity index (χ1n) is 10.3. The molecule has 0 bridgehead atoms. The summed E-state index contributed by atoms with van der Waals surface area (Å²) in [6.45, 7) is 3.29. The van der Waals surface area contributed by atoms with E-state index in [1.807, 2.05) is 0 Å². The van der Waals surface area contributed by atoms with E-state index in [1.165, 1.54) is 11.8 Å². The van der Waals surface area contributed by atoms with Gasteiger partial charge in [-0.3, -0.25) is 4.79 Å². The van der Waals surface area contributed by atoms with E-state index >= 15 is 0 Å². The van der Waals surface area contributed by atoms with Gasteiger partial charge < -0.3 is 15.2 Å². The first-order chi connectivity index (χ1) is 17.3. The lowest BCUT2D eigenvalue weighted by Gasteiger charge is -2.11. The lowest BCUT2D eigenvalue weighted by atomic mass is 10.1. The van der Waals surface area contributed by atoms with Crippen LogP contribution in [0.25, 0.3) is 5.82 Å². The fraction of sp³-hybridized carbons (Fsp3) is 0.136. The highest BCUT2D eigenvalue weighted by atomic mass is 35.5. The van der Waals surface area contributed by atoms with Crippen LogP contribution in [0, 0.1) is 6.92 Å². The summed E-state index contributed by atoms with van der Waals surface area (Å²) in [5.41, 5.74) is 9.86. The number of anilines is 1. The Kier molecular flexibility index (Phi) is 6.92. The van der Waals surface area contributed by atoms with Crippen LogP contribution in [0.3, 0.4) is 0 Å². The predicted octanol–water partition coefficient (Wildman–Crippen LogP) is 2.58. The Morgan fingerprint density at radius 3 is 2.50 bits per heavy atom. The molecule has 184 valence electrons. The Bertz CT molecular complexity index is 1460. The summed E-state index contributed by atoms with van der Waals surface area (Å²) in [6.07, 6.45) is 0. The Balaban J connectivity index is 1.47. The van der Waals surface area contributed by atoms with Gasteiger partial charge in [-0.25, -0.2) is 14.8 Å². The molecule has 0 radical (unpaired) electrons. The first-order valence-corrected chi connectivity index (χ1v) is 10.7. The molecule has 0 saturated carbocycles. The third kappa shape index (κ3) is 5.00. The van der Waals surface area contributed by atoms with Gasteiger partial charge in [-0.15, -0.1) is 5.10 Å².